The molecule has 0 amide bonds. The zero-order valence-electron chi connectivity index (χ0n) is 23.6. The molecule has 194 valence electrons. The van der Waals surface area contributed by atoms with Crippen molar-refractivity contribution >= 4 is 0 Å². The minimum atomic E-state index is -0.210. The van der Waals surface area contributed by atoms with Crippen molar-refractivity contribution in [2.75, 3.05) is 0 Å². The molecule has 1 aromatic heterocycles. The van der Waals surface area contributed by atoms with E-state index in [4.69, 9.17) is 0 Å². The van der Waals surface area contributed by atoms with E-state index in [2.05, 4.69) is 79.4 Å². The van der Waals surface area contributed by atoms with E-state index in [0.717, 1.165) is 39.8 Å². The molecule has 0 fully saturated rings. The summed E-state index contributed by atoms with van der Waals surface area (Å²) in [7, 11) is 0. The maximum absolute atomic E-state index is 11.8. The lowest BCUT2D eigenvalue weighted by atomic mass is 9.74. The molecule has 3 N–H and O–H groups in total. The molecule has 4 heteroatoms. The number of aromatic nitrogens is 1. The number of pyridine rings is 1. The van der Waals surface area contributed by atoms with Gasteiger partial charge >= 0.3 is 0 Å². The van der Waals surface area contributed by atoms with E-state index in [0.29, 0.717) is 11.5 Å². The second-order valence-electron chi connectivity index (χ2n) is 12.6. The van der Waals surface area contributed by atoms with Crippen molar-refractivity contribution in [1.29, 1.82) is 0 Å². The first kappa shape index (κ1) is 27.6. The maximum atomic E-state index is 11.8. The summed E-state index contributed by atoms with van der Waals surface area (Å²) in [5, 5.41) is 21.6. The van der Waals surface area contributed by atoms with Crippen molar-refractivity contribution in [3.05, 3.63) is 91.4 Å². The molecule has 0 aliphatic heterocycles. The van der Waals surface area contributed by atoms with Crippen LogP contribution in [0, 0.1) is 20.8 Å². The zero-order chi connectivity index (χ0) is 27.2. The van der Waals surface area contributed by atoms with Crippen LogP contribution >= 0.6 is 0 Å². The quantitative estimate of drug-likeness (QED) is 0.345. The van der Waals surface area contributed by atoms with E-state index < -0.39 is 0 Å². The van der Waals surface area contributed by atoms with Crippen LogP contribution in [0.5, 0.6) is 11.5 Å². The average Bonchev–Trinajstić information content (AvgIpc) is 2.70. The molecule has 0 saturated carbocycles. The number of nitrogens with one attached hydrogen (secondary N) is 1. The third kappa shape index (κ3) is 5.69. The molecule has 1 unspecified atom stereocenters. The van der Waals surface area contributed by atoms with Crippen molar-refractivity contribution in [1.82, 2.24) is 4.98 Å². The van der Waals surface area contributed by atoms with Crippen molar-refractivity contribution in [2.24, 2.45) is 0 Å². The fourth-order valence-electron chi connectivity index (χ4n) is 5.39. The lowest BCUT2D eigenvalue weighted by Crippen LogP contribution is -2.17. The summed E-state index contributed by atoms with van der Waals surface area (Å²) in [4.78, 5) is 14.7. The SMILES string of the molecule is Cc1cc(=O)[nH]cc1C(C)CC(c1cc(C(C)(C)C)c(O)cc1C)c1cc(C(C)(C)C)c(O)cc1C. The molecule has 1 heterocycles. The molecule has 0 aliphatic carbocycles. The van der Waals surface area contributed by atoms with Gasteiger partial charge in [-0.1, -0.05) is 60.6 Å². The number of aryl methyl sites for hydroxylation is 3. The molecule has 3 rings (SSSR count). The molecule has 1 atom stereocenters. The normalized spacial score (nSPS) is 13.3. The number of rotatable bonds is 5. The Kier molecular flexibility index (Phi) is 7.51. The lowest BCUT2D eigenvalue weighted by molar-refractivity contribution is 0.444. The number of aromatic amines is 1. The molecule has 0 radical (unpaired) electrons. The van der Waals surface area contributed by atoms with Crippen molar-refractivity contribution in [3.63, 3.8) is 0 Å². The Balaban J connectivity index is 2.27. The van der Waals surface area contributed by atoms with Crippen LogP contribution in [0.2, 0.25) is 0 Å². The Hall–Kier alpha value is -3.01. The summed E-state index contributed by atoms with van der Waals surface area (Å²) in [5.41, 5.74) is 7.90. The van der Waals surface area contributed by atoms with Gasteiger partial charge in [0, 0.05) is 18.2 Å². The van der Waals surface area contributed by atoms with Crippen LogP contribution in [0.4, 0.5) is 0 Å². The number of phenolic OH excluding ortho intramolecular Hbond substituents is 2. The van der Waals surface area contributed by atoms with Gasteiger partial charge in [-0.3, -0.25) is 4.79 Å². The second kappa shape index (κ2) is 9.80. The molecule has 0 saturated heterocycles. The van der Waals surface area contributed by atoms with Crippen molar-refractivity contribution < 1.29 is 10.2 Å². The Morgan fingerprint density at radius 3 is 1.53 bits per heavy atom. The van der Waals surface area contributed by atoms with Gasteiger partial charge in [0.2, 0.25) is 5.56 Å². The van der Waals surface area contributed by atoms with E-state index in [1.165, 1.54) is 11.1 Å². The summed E-state index contributed by atoms with van der Waals surface area (Å²) in [5.74, 6) is 0.855. The highest BCUT2D eigenvalue weighted by molar-refractivity contribution is 5.53. The second-order valence-corrected chi connectivity index (χ2v) is 12.6. The van der Waals surface area contributed by atoms with Gasteiger partial charge in [-0.15, -0.1) is 0 Å². The van der Waals surface area contributed by atoms with E-state index in [-0.39, 0.29) is 28.2 Å². The smallest absolute Gasteiger partial charge is 0.248 e. The topological polar surface area (TPSA) is 73.3 Å². The summed E-state index contributed by atoms with van der Waals surface area (Å²) in [6.45, 7) is 21.0. The Morgan fingerprint density at radius 1 is 0.722 bits per heavy atom. The fraction of sp³-hybridized carbons (Fsp3) is 0.469. The number of hydrogen-bond acceptors (Lipinski definition) is 3. The highest BCUT2D eigenvalue weighted by Gasteiger charge is 2.28. The molecule has 2 aromatic carbocycles. The summed E-state index contributed by atoms with van der Waals surface area (Å²) in [6.07, 6.45) is 2.66. The average molecular weight is 490 g/mol. The molecular weight excluding hydrogens is 446 g/mol. The van der Waals surface area contributed by atoms with Gasteiger partial charge in [0.15, 0.2) is 0 Å². The first-order chi connectivity index (χ1) is 16.5. The minimum Gasteiger partial charge on any atom is -0.508 e. The molecular formula is C32H43NO3. The molecule has 0 bridgehead atoms. The molecule has 36 heavy (non-hydrogen) atoms. The van der Waals surface area contributed by atoms with Gasteiger partial charge in [0.25, 0.3) is 0 Å². The fourth-order valence-corrected chi connectivity index (χ4v) is 5.39. The first-order valence-corrected chi connectivity index (χ1v) is 12.9. The van der Waals surface area contributed by atoms with E-state index in [9.17, 15) is 15.0 Å². The first-order valence-electron chi connectivity index (χ1n) is 12.9. The van der Waals surface area contributed by atoms with Gasteiger partial charge in [-0.05, 0) is 101 Å². The van der Waals surface area contributed by atoms with Gasteiger partial charge in [0.05, 0.1) is 0 Å². The van der Waals surface area contributed by atoms with Crippen LogP contribution in [0.1, 0.15) is 111 Å². The molecule has 0 aliphatic rings. The van der Waals surface area contributed by atoms with E-state index >= 15 is 0 Å². The predicted molar refractivity (Wildman–Crippen MR) is 150 cm³/mol. The van der Waals surface area contributed by atoms with Crippen LogP contribution in [0.15, 0.2) is 41.3 Å². The van der Waals surface area contributed by atoms with Crippen LogP contribution in [0.3, 0.4) is 0 Å². The Bertz CT molecular complexity index is 1250. The van der Waals surface area contributed by atoms with Crippen LogP contribution in [-0.4, -0.2) is 15.2 Å². The third-order valence-electron chi connectivity index (χ3n) is 7.43. The number of benzene rings is 2. The zero-order valence-corrected chi connectivity index (χ0v) is 23.6. The van der Waals surface area contributed by atoms with Gasteiger partial charge in [0.1, 0.15) is 11.5 Å². The molecule has 3 aromatic rings. The number of aromatic hydroxyl groups is 2. The van der Waals surface area contributed by atoms with Crippen LogP contribution < -0.4 is 5.56 Å². The largest absolute Gasteiger partial charge is 0.508 e. The minimum absolute atomic E-state index is 0.0368. The highest BCUT2D eigenvalue weighted by atomic mass is 16.3. The monoisotopic (exact) mass is 489 g/mol. The van der Waals surface area contributed by atoms with E-state index in [1.807, 2.05) is 25.3 Å². The number of phenols is 2. The predicted octanol–water partition coefficient (Wildman–Crippen LogP) is 7.63. The highest BCUT2D eigenvalue weighted by Crippen LogP contribution is 2.44. The third-order valence-corrected chi connectivity index (χ3v) is 7.43. The number of hydrogen-bond donors (Lipinski definition) is 3. The van der Waals surface area contributed by atoms with Gasteiger partial charge in [-0.2, -0.15) is 0 Å². The standard InChI is InChI=1S/C32H43NO3/c1-18(25-17-33-30(36)14-21(25)4)11-24(22-15-26(31(5,6)7)28(34)12-19(22)2)23-16-27(32(8,9)10)29(35)13-20(23)3/h12-18,24,34-35H,11H2,1-10H3,(H,33,36). The van der Waals surface area contributed by atoms with Gasteiger partial charge < -0.3 is 15.2 Å². The van der Waals surface area contributed by atoms with E-state index in [1.54, 1.807) is 6.07 Å². The molecule has 0 spiro atoms. The summed E-state index contributed by atoms with van der Waals surface area (Å²) >= 11 is 0. The summed E-state index contributed by atoms with van der Waals surface area (Å²) in [6, 6.07) is 9.78. The van der Waals surface area contributed by atoms with Crippen LogP contribution in [-0.2, 0) is 10.8 Å². The lowest BCUT2D eigenvalue weighted by Gasteiger charge is -2.30. The van der Waals surface area contributed by atoms with Crippen LogP contribution in [0.25, 0.3) is 0 Å². The maximum Gasteiger partial charge on any atom is 0.248 e. The Labute approximate surface area is 216 Å². The number of H-pyrrole nitrogens is 1. The molecule has 4 nitrogen and oxygen atoms in total. The Morgan fingerprint density at radius 2 is 1.14 bits per heavy atom. The van der Waals surface area contributed by atoms with Crippen molar-refractivity contribution in [2.45, 2.75) is 98.3 Å². The van der Waals surface area contributed by atoms with Gasteiger partial charge in [-0.25, -0.2) is 0 Å². The summed E-state index contributed by atoms with van der Waals surface area (Å²) < 4.78 is 0. The van der Waals surface area contributed by atoms with Crippen molar-refractivity contribution in [3.8, 4) is 11.5 Å².